The maximum atomic E-state index is 12.5. The van der Waals surface area contributed by atoms with Crippen LogP contribution in [0.5, 0.6) is 0 Å². The Morgan fingerprint density at radius 2 is 0.894 bits per heavy atom. The van der Waals surface area contributed by atoms with Crippen molar-refractivity contribution in [1.29, 1.82) is 0 Å². The minimum Gasteiger partial charge on any atom is -0.394 e. The molecule has 0 rings (SSSR count). The first-order valence-corrected chi connectivity index (χ1v) is 20.2. The molecule has 0 aliphatic heterocycles. The molecule has 5 N–H and O–H groups in total. The highest BCUT2D eigenvalue weighted by Crippen LogP contribution is 2.16. The van der Waals surface area contributed by atoms with Gasteiger partial charge in [0, 0.05) is 0 Å². The van der Waals surface area contributed by atoms with Crippen LogP contribution in [0, 0.1) is 0 Å². The molecule has 6 heteroatoms. The zero-order chi connectivity index (χ0) is 34.6. The number of allylic oxidation sites excluding steroid dienone is 4. The highest BCUT2D eigenvalue weighted by atomic mass is 16.3. The van der Waals surface area contributed by atoms with E-state index in [1.807, 2.05) is 0 Å². The SMILES string of the molecule is CCCCC/C=C\C=C/CCCCCCCC(O)C(=O)NC(CO)C(O)C(O)CCCCCCCCCCCCCCCCCCC. The summed E-state index contributed by atoms with van der Waals surface area (Å²) in [5.41, 5.74) is 0. The molecule has 278 valence electrons. The third-order valence-corrected chi connectivity index (χ3v) is 9.44. The fourth-order valence-corrected chi connectivity index (χ4v) is 6.16. The van der Waals surface area contributed by atoms with Crippen LogP contribution in [0.4, 0.5) is 0 Å². The van der Waals surface area contributed by atoms with E-state index in [0.29, 0.717) is 12.8 Å². The number of hydrogen-bond acceptors (Lipinski definition) is 5. The number of unbranched alkanes of at least 4 members (excludes halogenated alkanes) is 24. The van der Waals surface area contributed by atoms with Crippen LogP contribution in [-0.2, 0) is 4.79 Å². The molecule has 0 aromatic heterocycles. The van der Waals surface area contributed by atoms with E-state index in [4.69, 9.17) is 0 Å². The van der Waals surface area contributed by atoms with Crippen LogP contribution < -0.4 is 5.32 Å². The number of aliphatic hydroxyl groups excluding tert-OH is 4. The summed E-state index contributed by atoms with van der Waals surface area (Å²) in [6, 6.07) is -0.989. The van der Waals surface area contributed by atoms with Crippen molar-refractivity contribution in [2.24, 2.45) is 0 Å². The lowest BCUT2D eigenvalue weighted by molar-refractivity contribution is -0.132. The Morgan fingerprint density at radius 1 is 0.532 bits per heavy atom. The molecule has 4 unspecified atom stereocenters. The van der Waals surface area contributed by atoms with E-state index >= 15 is 0 Å². The van der Waals surface area contributed by atoms with Crippen molar-refractivity contribution in [3.8, 4) is 0 Å². The van der Waals surface area contributed by atoms with E-state index < -0.39 is 36.9 Å². The normalized spacial score (nSPS) is 14.6. The van der Waals surface area contributed by atoms with E-state index in [1.165, 1.54) is 109 Å². The molecule has 0 fully saturated rings. The predicted octanol–water partition coefficient (Wildman–Crippen LogP) is 10.0. The number of carbonyl (C=O) groups excluding carboxylic acids is 1. The van der Waals surface area contributed by atoms with Gasteiger partial charge >= 0.3 is 0 Å². The van der Waals surface area contributed by atoms with E-state index in [0.717, 1.165) is 64.2 Å². The smallest absolute Gasteiger partial charge is 0.249 e. The summed E-state index contributed by atoms with van der Waals surface area (Å²) in [6.45, 7) is 4.00. The predicted molar refractivity (Wildman–Crippen MR) is 201 cm³/mol. The maximum absolute atomic E-state index is 12.5. The van der Waals surface area contributed by atoms with Crippen molar-refractivity contribution in [2.45, 2.75) is 224 Å². The summed E-state index contributed by atoms with van der Waals surface area (Å²) in [4.78, 5) is 12.5. The maximum Gasteiger partial charge on any atom is 0.249 e. The highest BCUT2D eigenvalue weighted by Gasteiger charge is 2.28. The van der Waals surface area contributed by atoms with Gasteiger partial charge in [-0.3, -0.25) is 4.79 Å². The number of amides is 1. The van der Waals surface area contributed by atoms with Crippen LogP contribution in [0.3, 0.4) is 0 Å². The fourth-order valence-electron chi connectivity index (χ4n) is 6.16. The van der Waals surface area contributed by atoms with E-state index in [9.17, 15) is 25.2 Å². The van der Waals surface area contributed by atoms with Crippen molar-refractivity contribution in [2.75, 3.05) is 6.61 Å². The van der Waals surface area contributed by atoms with Gasteiger partial charge in [0.15, 0.2) is 0 Å². The molecule has 0 aliphatic carbocycles. The minimum absolute atomic E-state index is 0.352. The molecule has 0 spiro atoms. The Kier molecular flexibility index (Phi) is 35.2. The second-order valence-electron chi connectivity index (χ2n) is 14.0. The van der Waals surface area contributed by atoms with Gasteiger partial charge in [0.1, 0.15) is 12.2 Å². The van der Waals surface area contributed by atoms with Crippen LogP contribution >= 0.6 is 0 Å². The lowest BCUT2D eigenvalue weighted by atomic mass is 9.99. The summed E-state index contributed by atoms with van der Waals surface area (Å²) < 4.78 is 0. The number of nitrogens with one attached hydrogen (secondary N) is 1. The molecular weight excluding hydrogens is 586 g/mol. The van der Waals surface area contributed by atoms with Crippen LogP contribution in [0.1, 0.15) is 200 Å². The van der Waals surface area contributed by atoms with Gasteiger partial charge in [-0.25, -0.2) is 0 Å². The van der Waals surface area contributed by atoms with Gasteiger partial charge in [0.2, 0.25) is 5.91 Å². The number of hydrogen-bond donors (Lipinski definition) is 5. The fraction of sp³-hybridized carbons (Fsp3) is 0.878. The van der Waals surface area contributed by atoms with Crippen molar-refractivity contribution in [1.82, 2.24) is 5.32 Å². The Bertz CT molecular complexity index is 712. The zero-order valence-electron chi connectivity index (χ0n) is 31.0. The van der Waals surface area contributed by atoms with Crippen LogP contribution in [0.2, 0.25) is 0 Å². The van der Waals surface area contributed by atoms with Gasteiger partial charge in [-0.15, -0.1) is 0 Å². The Morgan fingerprint density at radius 3 is 1.34 bits per heavy atom. The van der Waals surface area contributed by atoms with E-state index in [1.54, 1.807) is 0 Å². The van der Waals surface area contributed by atoms with Gasteiger partial charge in [0.25, 0.3) is 0 Å². The molecule has 0 aliphatic rings. The molecule has 4 atom stereocenters. The zero-order valence-corrected chi connectivity index (χ0v) is 31.0. The molecule has 0 radical (unpaired) electrons. The largest absolute Gasteiger partial charge is 0.394 e. The second-order valence-corrected chi connectivity index (χ2v) is 14.0. The molecule has 47 heavy (non-hydrogen) atoms. The number of aliphatic hydroxyl groups is 4. The molecule has 0 saturated heterocycles. The number of carbonyl (C=O) groups is 1. The van der Waals surface area contributed by atoms with Gasteiger partial charge < -0.3 is 25.7 Å². The molecule has 6 nitrogen and oxygen atoms in total. The van der Waals surface area contributed by atoms with Gasteiger partial charge in [-0.05, 0) is 38.5 Å². The Hall–Kier alpha value is -1.21. The molecule has 0 bridgehead atoms. The topological polar surface area (TPSA) is 110 Å². The molecule has 0 aromatic carbocycles. The van der Waals surface area contributed by atoms with E-state index in [-0.39, 0.29) is 0 Å². The van der Waals surface area contributed by atoms with Gasteiger partial charge in [-0.2, -0.15) is 0 Å². The quantitative estimate of drug-likeness (QED) is 0.0338. The van der Waals surface area contributed by atoms with Crippen molar-refractivity contribution >= 4 is 5.91 Å². The van der Waals surface area contributed by atoms with Crippen molar-refractivity contribution < 1.29 is 25.2 Å². The Balaban J connectivity index is 3.79. The summed E-state index contributed by atoms with van der Waals surface area (Å²) in [5.74, 6) is -0.596. The first-order valence-electron chi connectivity index (χ1n) is 20.2. The van der Waals surface area contributed by atoms with Crippen LogP contribution in [-0.4, -0.2) is 57.3 Å². The lowest BCUT2D eigenvalue weighted by Crippen LogP contribution is -2.53. The first kappa shape index (κ1) is 45.8. The van der Waals surface area contributed by atoms with Crippen LogP contribution in [0.15, 0.2) is 24.3 Å². The average molecular weight is 666 g/mol. The summed E-state index contributed by atoms with van der Waals surface area (Å²) in [5, 5.41) is 43.6. The van der Waals surface area contributed by atoms with Gasteiger partial charge in [0.05, 0.1) is 18.8 Å². The van der Waals surface area contributed by atoms with Gasteiger partial charge in [-0.1, -0.05) is 186 Å². The first-order chi connectivity index (χ1) is 23.0. The van der Waals surface area contributed by atoms with Crippen molar-refractivity contribution in [3.63, 3.8) is 0 Å². The molecule has 1 amide bonds. The molecule has 0 saturated carbocycles. The average Bonchev–Trinajstić information content (AvgIpc) is 3.07. The molecular formula is C41H79NO5. The van der Waals surface area contributed by atoms with Crippen molar-refractivity contribution in [3.05, 3.63) is 24.3 Å². The third-order valence-electron chi connectivity index (χ3n) is 9.44. The monoisotopic (exact) mass is 666 g/mol. The molecule has 0 aromatic rings. The third kappa shape index (κ3) is 30.6. The minimum atomic E-state index is -1.26. The summed E-state index contributed by atoms with van der Waals surface area (Å²) >= 11 is 0. The molecule has 0 heterocycles. The van der Waals surface area contributed by atoms with E-state index in [2.05, 4.69) is 43.5 Å². The summed E-state index contributed by atoms with van der Waals surface area (Å²) in [6.07, 6.45) is 39.1. The Labute approximate surface area is 291 Å². The lowest BCUT2D eigenvalue weighted by Gasteiger charge is -2.27. The van der Waals surface area contributed by atoms with Crippen LogP contribution in [0.25, 0.3) is 0 Å². The highest BCUT2D eigenvalue weighted by molar-refractivity contribution is 5.80. The summed E-state index contributed by atoms with van der Waals surface area (Å²) in [7, 11) is 0. The second kappa shape index (κ2) is 36.1. The standard InChI is InChI=1S/C41H79NO5/c1-3-5-7-9-11-13-15-17-19-20-21-23-24-26-28-30-32-34-38(44)40(46)37(36-43)42-41(47)39(45)35-33-31-29-27-25-22-18-16-14-12-10-8-6-4-2/h12,14,16,18,37-40,43-46H,3-11,13,15,17,19-36H2,1-2H3,(H,42,47)/b14-12-,18-16-. The number of rotatable bonds is 36.